The van der Waals surface area contributed by atoms with Crippen LogP contribution in [-0.4, -0.2) is 71.6 Å². The van der Waals surface area contributed by atoms with Crippen LogP contribution in [0.5, 0.6) is 5.75 Å². The maximum absolute atomic E-state index is 14.0. The molecule has 0 saturated carbocycles. The Morgan fingerprint density at radius 1 is 1.07 bits per heavy atom. The zero-order valence-electron chi connectivity index (χ0n) is 24.2. The van der Waals surface area contributed by atoms with Gasteiger partial charge in [0, 0.05) is 13.0 Å². The fraction of sp³-hybridized carbons (Fsp3) is 0.607. The van der Waals surface area contributed by atoms with Crippen LogP contribution in [0.25, 0.3) is 0 Å². The number of benzene rings is 1. The van der Waals surface area contributed by atoms with Gasteiger partial charge in [-0.1, -0.05) is 44.7 Å². The summed E-state index contributed by atoms with van der Waals surface area (Å²) in [4.78, 5) is 64.7. The molecule has 0 radical (unpaired) electrons. The summed E-state index contributed by atoms with van der Waals surface area (Å²) in [6.07, 6.45) is 3.05. The van der Waals surface area contributed by atoms with Crippen LogP contribution in [0.1, 0.15) is 84.2 Å². The topological polar surface area (TPSA) is 177 Å². The quantitative estimate of drug-likeness (QED) is 0.175. The fourth-order valence-corrected chi connectivity index (χ4v) is 3.94. The van der Waals surface area contributed by atoms with Crippen molar-refractivity contribution in [1.82, 2.24) is 15.5 Å². The summed E-state index contributed by atoms with van der Waals surface area (Å²) < 4.78 is 9.93. The zero-order chi connectivity index (χ0) is 30.3. The number of nitrogens with two attached hydrogens (primary N) is 1. The lowest BCUT2D eigenvalue weighted by molar-refractivity contribution is -0.145. The first kappa shape index (κ1) is 34.2. The molecule has 1 aromatic rings. The smallest absolute Gasteiger partial charge is 0.408 e. The second kappa shape index (κ2) is 17.0. The van der Waals surface area contributed by atoms with Crippen molar-refractivity contribution in [1.29, 1.82) is 0 Å². The number of carbonyl (C=O) groups is 5. The number of alkyl carbamates (subject to hydrolysis) is 1. The van der Waals surface area contributed by atoms with Gasteiger partial charge in [-0.15, -0.1) is 0 Å². The number of hydrogen-bond acceptors (Lipinski definition) is 8. The van der Waals surface area contributed by atoms with Crippen molar-refractivity contribution in [2.45, 2.75) is 90.3 Å². The average molecular weight is 565 g/mol. The van der Waals surface area contributed by atoms with Gasteiger partial charge >= 0.3 is 12.1 Å². The van der Waals surface area contributed by atoms with Crippen LogP contribution in [0, 0.1) is 0 Å². The zero-order valence-corrected chi connectivity index (χ0v) is 24.2. The molecule has 0 fully saturated rings. The monoisotopic (exact) mass is 564 g/mol. The molecule has 4 amide bonds. The molecule has 0 bridgehead atoms. The average Bonchev–Trinajstić information content (AvgIpc) is 2.87. The van der Waals surface area contributed by atoms with Gasteiger partial charge in [0.25, 0.3) is 0 Å². The molecule has 0 spiro atoms. The number of primary amides is 1. The van der Waals surface area contributed by atoms with Gasteiger partial charge in [-0.2, -0.15) is 0 Å². The molecule has 0 aliphatic rings. The normalized spacial score (nSPS) is 12.5. The van der Waals surface area contributed by atoms with Gasteiger partial charge in [0.15, 0.2) is 0 Å². The van der Waals surface area contributed by atoms with Crippen molar-refractivity contribution >= 4 is 29.8 Å². The van der Waals surface area contributed by atoms with Gasteiger partial charge in [-0.3, -0.25) is 19.2 Å². The Bertz CT molecular complexity index is 1010. The van der Waals surface area contributed by atoms with Gasteiger partial charge < -0.3 is 35.8 Å². The lowest BCUT2D eigenvalue weighted by atomic mass is 10.0. The predicted molar refractivity (Wildman–Crippen MR) is 148 cm³/mol. The number of phenolic OH excluding ortho intramolecular Hbond substituents is 1. The number of esters is 1. The first-order valence-corrected chi connectivity index (χ1v) is 13.5. The van der Waals surface area contributed by atoms with Crippen molar-refractivity contribution in [2.24, 2.45) is 5.73 Å². The van der Waals surface area contributed by atoms with E-state index in [-0.39, 0.29) is 30.7 Å². The fourth-order valence-electron chi connectivity index (χ4n) is 3.94. The Hall–Kier alpha value is -3.83. The maximum atomic E-state index is 14.0. The molecule has 12 heteroatoms. The number of nitrogens with one attached hydrogen (secondary N) is 2. The summed E-state index contributed by atoms with van der Waals surface area (Å²) in [5.74, 6) is -2.83. The van der Waals surface area contributed by atoms with Crippen molar-refractivity contribution < 1.29 is 38.6 Å². The Balaban J connectivity index is 3.49. The van der Waals surface area contributed by atoms with Gasteiger partial charge in [-0.05, 0) is 51.3 Å². The largest absolute Gasteiger partial charge is 0.508 e. The number of phenols is 1. The summed E-state index contributed by atoms with van der Waals surface area (Å²) in [5.41, 5.74) is 4.77. The number of unbranched alkanes of at least 4 members (excludes halogenated alkanes) is 4. The molecule has 0 aromatic heterocycles. The van der Waals surface area contributed by atoms with Crippen LogP contribution in [0.2, 0.25) is 0 Å². The second-order valence-corrected chi connectivity index (χ2v) is 10.4. The van der Waals surface area contributed by atoms with E-state index in [2.05, 4.69) is 22.3 Å². The first-order valence-electron chi connectivity index (χ1n) is 13.5. The number of ether oxygens (including phenoxy) is 2. The molecule has 12 nitrogen and oxygen atoms in total. The Morgan fingerprint density at radius 3 is 2.33 bits per heavy atom. The van der Waals surface area contributed by atoms with E-state index in [4.69, 9.17) is 10.5 Å². The third-order valence-electron chi connectivity index (χ3n) is 5.83. The van der Waals surface area contributed by atoms with Crippen LogP contribution in [0.15, 0.2) is 24.3 Å². The lowest BCUT2D eigenvalue weighted by Gasteiger charge is -2.34. The van der Waals surface area contributed by atoms with E-state index < -0.39 is 54.0 Å². The van der Waals surface area contributed by atoms with E-state index in [1.807, 2.05) is 0 Å². The molecule has 5 N–H and O–H groups in total. The van der Waals surface area contributed by atoms with E-state index >= 15 is 0 Å². The minimum Gasteiger partial charge on any atom is -0.508 e. The molecule has 0 saturated heterocycles. The molecule has 2 atom stereocenters. The number of methoxy groups -OCH3 is 1. The summed E-state index contributed by atoms with van der Waals surface area (Å²) >= 11 is 0. The Kier molecular flexibility index (Phi) is 14.5. The standard InChI is InChI=1S/C28H44N4O8/c1-6-7-8-9-10-16-32(26(37)21(14-15-22(29)34)31-27(38)40-28(2,3)4)24(19-12-11-13-20(33)17-19)25(36)30-18-23(35)39-5/h11-13,17,21,24,33H,6-10,14-16,18H2,1-5H3,(H2,29,34)(H,30,36)(H,31,38). The summed E-state index contributed by atoms with van der Waals surface area (Å²) in [6.45, 7) is 6.75. The third-order valence-corrected chi connectivity index (χ3v) is 5.83. The van der Waals surface area contributed by atoms with E-state index in [9.17, 15) is 29.1 Å². The predicted octanol–water partition coefficient (Wildman–Crippen LogP) is 2.68. The molecule has 1 aromatic carbocycles. The van der Waals surface area contributed by atoms with Crippen LogP contribution in [0.4, 0.5) is 4.79 Å². The van der Waals surface area contributed by atoms with Crippen LogP contribution in [-0.2, 0) is 28.7 Å². The van der Waals surface area contributed by atoms with Crippen molar-refractivity contribution in [2.75, 3.05) is 20.2 Å². The first-order chi connectivity index (χ1) is 18.8. The van der Waals surface area contributed by atoms with Crippen molar-refractivity contribution in [3.8, 4) is 5.75 Å². The lowest BCUT2D eigenvalue weighted by Crippen LogP contribution is -2.53. The highest BCUT2D eigenvalue weighted by atomic mass is 16.6. The van der Waals surface area contributed by atoms with Crippen molar-refractivity contribution in [3.63, 3.8) is 0 Å². The number of aromatic hydroxyl groups is 1. The Morgan fingerprint density at radius 2 is 1.75 bits per heavy atom. The van der Waals surface area contributed by atoms with E-state index in [1.165, 1.54) is 30.2 Å². The highest BCUT2D eigenvalue weighted by Crippen LogP contribution is 2.27. The van der Waals surface area contributed by atoms with Crippen LogP contribution in [0.3, 0.4) is 0 Å². The highest BCUT2D eigenvalue weighted by Gasteiger charge is 2.36. The minimum atomic E-state index is -1.27. The molecule has 0 aliphatic carbocycles. The molecule has 1 rings (SSSR count). The maximum Gasteiger partial charge on any atom is 0.408 e. The number of amides is 4. The minimum absolute atomic E-state index is 0.123. The molecule has 40 heavy (non-hydrogen) atoms. The summed E-state index contributed by atoms with van der Waals surface area (Å²) in [6, 6.07) is 3.35. The van der Waals surface area contributed by atoms with Crippen LogP contribution < -0.4 is 16.4 Å². The highest BCUT2D eigenvalue weighted by molar-refractivity contribution is 5.93. The molecular weight excluding hydrogens is 520 g/mol. The van der Waals surface area contributed by atoms with Crippen molar-refractivity contribution in [3.05, 3.63) is 29.8 Å². The number of carbonyl (C=O) groups excluding carboxylic acids is 5. The second-order valence-electron chi connectivity index (χ2n) is 10.4. The molecule has 0 heterocycles. The molecule has 0 aliphatic heterocycles. The SMILES string of the molecule is CCCCCCCN(C(=O)C(CCC(N)=O)NC(=O)OC(C)(C)C)C(C(=O)NCC(=O)OC)c1cccc(O)c1. The number of hydrogen-bond donors (Lipinski definition) is 4. The van der Waals surface area contributed by atoms with E-state index in [0.29, 0.717) is 6.42 Å². The number of rotatable bonds is 16. The molecule has 2 unspecified atom stereocenters. The summed E-state index contributed by atoms with van der Waals surface area (Å²) in [7, 11) is 1.18. The van der Waals surface area contributed by atoms with Crippen LogP contribution >= 0.6 is 0 Å². The van der Waals surface area contributed by atoms with Gasteiger partial charge in [0.2, 0.25) is 17.7 Å². The molecule has 224 valence electrons. The van der Waals surface area contributed by atoms with Gasteiger partial charge in [-0.25, -0.2) is 4.79 Å². The van der Waals surface area contributed by atoms with Gasteiger partial charge in [0.1, 0.15) is 30.0 Å². The number of nitrogens with zero attached hydrogens (tertiary/aromatic N) is 1. The van der Waals surface area contributed by atoms with Gasteiger partial charge in [0.05, 0.1) is 7.11 Å². The van der Waals surface area contributed by atoms with E-state index in [0.717, 1.165) is 25.7 Å². The van der Waals surface area contributed by atoms with E-state index in [1.54, 1.807) is 26.8 Å². The summed E-state index contributed by atoms with van der Waals surface area (Å²) in [5, 5.41) is 15.1. The third kappa shape index (κ3) is 12.8. The molecular formula is C28H44N4O8. The Labute approximate surface area is 235 Å².